The minimum Gasteiger partial charge on any atom is -0.493 e. The number of anilines is 1. The topological polar surface area (TPSA) is 50.4 Å². The largest absolute Gasteiger partial charge is 0.493 e. The smallest absolute Gasteiger partial charge is 0.261 e. The van der Waals surface area contributed by atoms with Gasteiger partial charge in [0.15, 0.2) is 5.11 Å². The molecule has 2 aromatic carbocycles. The maximum atomic E-state index is 12.9. The Morgan fingerprint density at radius 2 is 1.96 bits per heavy atom. The van der Waals surface area contributed by atoms with Crippen LogP contribution < -0.4 is 15.4 Å². The van der Waals surface area contributed by atoms with Crippen LogP contribution in [0.25, 0.3) is 0 Å². The predicted molar refractivity (Wildman–Crippen MR) is 105 cm³/mol. The third kappa shape index (κ3) is 6.10. The number of amides is 1. The van der Waals surface area contributed by atoms with Crippen molar-refractivity contribution in [2.75, 3.05) is 11.9 Å². The fourth-order valence-electron chi connectivity index (χ4n) is 2.00. The number of benzene rings is 2. The fraction of sp³-hybridized carbons (Fsp3) is 0.222. The van der Waals surface area contributed by atoms with Gasteiger partial charge in [0.1, 0.15) is 11.6 Å². The van der Waals surface area contributed by atoms with E-state index >= 15 is 0 Å². The van der Waals surface area contributed by atoms with Crippen LogP contribution >= 0.6 is 28.1 Å². The molecule has 2 aromatic rings. The highest BCUT2D eigenvalue weighted by Gasteiger charge is 2.15. The van der Waals surface area contributed by atoms with Crippen molar-refractivity contribution < 1.29 is 13.9 Å². The number of carbonyl (C=O) groups excluding carboxylic acids is 1. The van der Waals surface area contributed by atoms with Crippen LogP contribution in [0.3, 0.4) is 0 Å². The molecule has 0 bridgehead atoms. The number of thiocarbonyl (C=S) groups is 1. The summed E-state index contributed by atoms with van der Waals surface area (Å²) in [5, 5.41) is 5.56. The Hall–Kier alpha value is -1.99. The van der Waals surface area contributed by atoms with Crippen molar-refractivity contribution in [2.24, 2.45) is 0 Å². The van der Waals surface area contributed by atoms with E-state index in [2.05, 4.69) is 33.5 Å². The fourth-order valence-corrected chi connectivity index (χ4v) is 2.57. The molecule has 1 amide bonds. The van der Waals surface area contributed by atoms with Gasteiger partial charge in [-0.25, -0.2) is 4.39 Å². The summed E-state index contributed by atoms with van der Waals surface area (Å²) in [6, 6.07) is 10.9. The Balaban J connectivity index is 2.04. The molecule has 0 unspecified atom stereocenters. The molecule has 0 aliphatic heterocycles. The average molecular weight is 425 g/mol. The molecule has 0 heterocycles. The lowest BCUT2D eigenvalue weighted by Crippen LogP contribution is -2.34. The SMILES string of the molecule is CCCCOc1ccc(Br)cc1C(=O)NC(=S)Nc1ccc(F)cc1. The van der Waals surface area contributed by atoms with Crippen molar-refractivity contribution in [3.05, 3.63) is 58.3 Å². The minimum atomic E-state index is -0.382. The lowest BCUT2D eigenvalue weighted by molar-refractivity contribution is 0.0973. The van der Waals surface area contributed by atoms with Crippen LogP contribution in [0.2, 0.25) is 0 Å². The molecule has 25 heavy (non-hydrogen) atoms. The number of unbranched alkanes of at least 4 members (excludes halogenated alkanes) is 1. The van der Waals surface area contributed by atoms with E-state index in [1.54, 1.807) is 12.1 Å². The van der Waals surface area contributed by atoms with Crippen molar-refractivity contribution in [1.29, 1.82) is 0 Å². The first-order valence-corrected chi connectivity index (χ1v) is 9.00. The van der Waals surface area contributed by atoms with E-state index < -0.39 is 0 Å². The van der Waals surface area contributed by atoms with E-state index in [9.17, 15) is 9.18 Å². The zero-order valence-electron chi connectivity index (χ0n) is 13.6. The monoisotopic (exact) mass is 424 g/mol. The van der Waals surface area contributed by atoms with Crippen molar-refractivity contribution in [3.8, 4) is 5.75 Å². The van der Waals surface area contributed by atoms with E-state index in [4.69, 9.17) is 17.0 Å². The lowest BCUT2D eigenvalue weighted by Gasteiger charge is -2.13. The van der Waals surface area contributed by atoms with Gasteiger partial charge in [-0.15, -0.1) is 0 Å². The predicted octanol–water partition coefficient (Wildman–Crippen LogP) is 4.89. The number of nitrogens with one attached hydrogen (secondary N) is 2. The number of carbonyl (C=O) groups is 1. The highest BCUT2D eigenvalue weighted by Crippen LogP contribution is 2.23. The molecular weight excluding hydrogens is 407 g/mol. The van der Waals surface area contributed by atoms with Gasteiger partial charge in [0, 0.05) is 10.2 Å². The van der Waals surface area contributed by atoms with Crippen molar-refractivity contribution in [3.63, 3.8) is 0 Å². The second-order valence-corrected chi connectivity index (χ2v) is 6.58. The molecule has 0 aliphatic carbocycles. The molecule has 132 valence electrons. The van der Waals surface area contributed by atoms with Gasteiger partial charge in [0.05, 0.1) is 12.2 Å². The molecule has 0 radical (unpaired) electrons. The molecule has 2 rings (SSSR count). The normalized spacial score (nSPS) is 10.2. The standard InChI is InChI=1S/C18H18BrFN2O2S/c1-2-3-10-24-16-9-4-12(19)11-15(16)17(23)22-18(25)21-14-7-5-13(20)6-8-14/h4-9,11H,2-3,10H2,1H3,(H2,21,22,23,25). The van der Waals surface area contributed by atoms with Crippen LogP contribution in [0, 0.1) is 5.82 Å². The molecule has 0 aromatic heterocycles. The van der Waals surface area contributed by atoms with Gasteiger partial charge in [-0.3, -0.25) is 10.1 Å². The number of hydrogen-bond acceptors (Lipinski definition) is 3. The summed E-state index contributed by atoms with van der Waals surface area (Å²) in [5.41, 5.74) is 0.967. The molecule has 0 fully saturated rings. The van der Waals surface area contributed by atoms with Crippen molar-refractivity contribution in [1.82, 2.24) is 5.32 Å². The highest BCUT2D eigenvalue weighted by atomic mass is 79.9. The molecule has 2 N–H and O–H groups in total. The summed E-state index contributed by atoms with van der Waals surface area (Å²) in [6.45, 7) is 2.61. The third-order valence-electron chi connectivity index (χ3n) is 3.27. The Morgan fingerprint density at radius 1 is 1.24 bits per heavy atom. The van der Waals surface area contributed by atoms with Gasteiger partial charge in [-0.2, -0.15) is 0 Å². The first kappa shape index (κ1) is 19.3. The van der Waals surface area contributed by atoms with Crippen LogP contribution in [0.5, 0.6) is 5.75 Å². The summed E-state index contributed by atoms with van der Waals surface area (Å²) < 4.78 is 19.4. The van der Waals surface area contributed by atoms with E-state index in [1.807, 2.05) is 6.07 Å². The summed E-state index contributed by atoms with van der Waals surface area (Å²) >= 11 is 8.49. The van der Waals surface area contributed by atoms with Crippen molar-refractivity contribution in [2.45, 2.75) is 19.8 Å². The highest BCUT2D eigenvalue weighted by molar-refractivity contribution is 9.10. The van der Waals surface area contributed by atoms with Crippen LogP contribution in [0.4, 0.5) is 10.1 Å². The van der Waals surface area contributed by atoms with Gasteiger partial charge in [-0.05, 0) is 61.1 Å². The first-order chi connectivity index (χ1) is 12.0. The third-order valence-corrected chi connectivity index (χ3v) is 3.97. The van der Waals surface area contributed by atoms with Gasteiger partial charge >= 0.3 is 0 Å². The number of ether oxygens (including phenoxy) is 1. The van der Waals surface area contributed by atoms with E-state index in [0.29, 0.717) is 23.6 Å². The van der Waals surface area contributed by atoms with Crippen LogP contribution in [-0.2, 0) is 0 Å². The average Bonchev–Trinajstić information content (AvgIpc) is 2.58. The molecule has 0 saturated carbocycles. The molecule has 0 aliphatic rings. The van der Waals surface area contributed by atoms with Gasteiger partial charge in [-0.1, -0.05) is 29.3 Å². The van der Waals surface area contributed by atoms with E-state index in [0.717, 1.165) is 17.3 Å². The Kier molecular flexibility index (Phi) is 7.33. The molecule has 0 atom stereocenters. The Labute approximate surface area is 159 Å². The Bertz CT molecular complexity index is 753. The number of hydrogen-bond donors (Lipinski definition) is 2. The summed E-state index contributed by atoms with van der Waals surface area (Å²) in [7, 11) is 0. The second kappa shape index (κ2) is 9.48. The number of halogens is 2. The molecule has 4 nitrogen and oxygen atoms in total. The summed E-state index contributed by atoms with van der Waals surface area (Å²) in [5.74, 6) is -0.227. The minimum absolute atomic E-state index is 0.121. The zero-order valence-corrected chi connectivity index (χ0v) is 16.0. The number of rotatable bonds is 6. The van der Waals surface area contributed by atoms with Gasteiger partial charge < -0.3 is 10.1 Å². The second-order valence-electron chi connectivity index (χ2n) is 5.26. The van der Waals surface area contributed by atoms with Gasteiger partial charge in [0.2, 0.25) is 0 Å². The first-order valence-electron chi connectivity index (χ1n) is 7.80. The van der Waals surface area contributed by atoms with Crippen LogP contribution in [0.15, 0.2) is 46.9 Å². The van der Waals surface area contributed by atoms with Crippen LogP contribution in [-0.4, -0.2) is 17.6 Å². The molecular formula is C18H18BrFN2O2S. The molecule has 0 saturated heterocycles. The van der Waals surface area contributed by atoms with E-state index in [-0.39, 0.29) is 16.8 Å². The van der Waals surface area contributed by atoms with E-state index in [1.165, 1.54) is 24.3 Å². The summed E-state index contributed by atoms with van der Waals surface area (Å²) in [4.78, 5) is 12.5. The maximum Gasteiger partial charge on any atom is 0.261 e. The maximum absolute atomic E-state index is 12.9. The lowest BCUT2D eigenvalue weighted by atomic mass is 10.2. The quantitative estimate of drug-likeness (QED) is 0.511. The molecule has 0 spiro atoms. The summed E-state index contributed by atoms with van der Waals surface area (Å²) in [6.07, 6.45) is 1.91. The molecule has 7 heteroatoms. The Morgan fingerprint density at radius 3 is 2.64 bits per heavy atom. The van der Waals surface area contributed by atoms with Crippen LogP contribution in [0.1, 0.15) is 30.1 Å². The van der Waals surface area contributed by atoms with Gasteiger partial charge in [0.25, 0.3) is 5.91 Å². The zero-order chi connectivity index (χ0) is 18.2. The van der Waals surface area contributed by atoms with Crippen molar-refractivity contribution >= 4 is 44.9 Å².